The lowest BCUT2D eigenvalue weighted by Gasteiger charge is -2.38. The fraction of sp³-hybridized carbons (Fsp3) is 0.727. The van der Waals surface area contributed by atoms with Crippen LogP contribution in [0.5, 0.6) is 0 Å². The lowest BCUT2D eigenvalue weighted by Crippen LogP contribution is -2.37. The van der Waals surface area contributed by atoms with Gasteiger partial charge in [-0.15, -0.1) is 0 Å². The summed E-state index contributed by atoms with van der Waals surface area (Å²) < 4.78 is 2.15. The van der Waals surface area contributed by atoms with Gasteiger partial charge in [0.25, 0.3) is 0 Å². The first-order valence-corrected chi connectivity index (χ1v) is 5.23. The van der Waals surface area contributed by atoms with E-state index in [1.54, 1.807) is 0 Å². The van der Waals surface area contributed by atoms with Gasteiger partial charge in [0, 0.05) is 7.05 Å². The summed E-state index contributed by atoms with van der Waals surface area (Å²) >= 11 is 0. The fourth-order valence-corrected chi connectivity index (χ4v) is 2.53. The van der Waals surface area contributed by atoms with Crippen molar-refractivity contribution in [1.29, 1.82) is 0 Å². The predicted molar refractivity (Wildman–Crippen MR) is 57.1 cm³/mol. The summed E-state index contributed by atoms with van der Waals surface area (Å²) in [6, 6.07) is 0.429. The Balaban J connectivity index is 2.48. The Morgan fingerprint density at radius 2 is 2.29 bits per heavy atom. The molecule has 2 rings (SSSR count). The smallest absolute Gasteiger partial charge is 0.0949 e. The molecular formula is C11H19N3. The van der Waals surface area contributed by atoms with Crippen molar-refractivity contribution in [2.24, 2.45) is 12.5 Å². The molecule has 0 amide bonds. The molecular weight excluding hydrogens is 174 g/mol. The van der Waals surface area contributed by atoms with E-state index in [1.165, 1.54) is 17.8 Å². The van der Waals surface area contributed by atoms with Crippen molar-refractivity contribution in [2.45, 2.75) is 32.7 Å². The van der Waals surface area contributed by atoms with Gasteiger partial charge < -0.3 is 9.88 Å². The monoisotopic (exact) mass is 193 g/mol. The molecule has 1 unspecified atom stereocenters. The molecule has 1 atom stereocenters. The third-order valence-corrected chi connectivity index (χ3v) is 3.41. The molecule has 14 heavy (non-hydrogen) atoms. The van der Waals surface area contributed by atoms with Crippen molar-refractivity contribution >= 4 is 0 Å². The number of hydrogen-bond donors (Lipinski definition) is 1. The quantitative estimate of drug-likeness (QED) is 0.735. The largest absolute Gasteiger partial charge is 0.336 e. The van der Waals surface area contributed by atoms with Crippen LogP contribution in [0, 0.1) is 5.41 Å². The van der Waals surface area contributed by atoms with Crippen molar-refractivity contribution in [3.63, 3.8) is 0 Å². The fourth-order valence-electron chi connectivity index (χ4n) is 2.53. The maximum atomic E-state index is 4.44. The minimum absolute atomic E-state index is 0.329. The van der Waals surface area contributed by atoms with E-state index in [0.717, 1.165) is 6.42 Å². The second-order valence-electron chi connectivity index (χ2n) is 4.90. The highest BCUT2D eigenvalue weighted by Gasteiger charge is 2.37. The first-order chi connectivity index (χ1) is 6.56. The number of aryl methyl sites for hydroxylation is 2. The Labute approximate surface area is 85.5 Å². The number of nitrogens with zero attached hydrogens (tertiary/aromatic N) is 2. The van der Waals surface area contributed by atoms with Crippen LogP contribution in [0.25, 0.3) is 0 Å². The van der Waals surface area contributed by atoms with Gasteiger partial charge in [-0.05, 0) is 25.3 Å². The Bertz CT molecular complexity index is 338. The topological polar surface area (TPSA) is 29.9 Å². The van der Waals surface area contributed by atoms with Crippen LogP contribution in [0.15, 0.2) is 6.33 Å². The number of aromatic nitrogens is 2. The molecule has 0 aliphatic heterocycles. The molecule has 0 saturated carbocycles. The Hall–Kier alpha value is -0.830. The van der Waals surface area contributed by atoms with Crippen LogP contribution < -0.4 is 5.32 Å². The van der Waals surface area contributed by atoms with E-state index in [4.69, 9.17) is 0 Å². The van der Waals surface area contributed by atoms with Crippen LogP contribution in [0.3, 0.4) is 0 Å². The Morgan fingerprint density at radius 1 is 1.57 bits per heavy atom. The van der Waals surface area contributed by atoms with E-state index in [2.05, 4.69) is 35.8 Å². The normalized spacial score (nSPS) is 24.7. The number of rotatable bonds is 1. The molecule has 0 saturated heterocycles. The highest BCUT2D eigenvalue weighted by atomic mass is 15.1. The van der Waals surface area contributed by atoms with Crippen molar-refractivity contribution in [2.75, 3.05) is 7.05 Å². The van der Waals surface area contributed by atoms with E-state index in [0.29, 0.717) is 11.5 Å². The van der Waals surface area contributed by atoms with Crippen LogP contribution in [0.1, 0.15) is 37.7 Å². The molecule has 0 aromatic carbocycles. The van der Waals surface area contributed by atoms with Gasteiger partial charge in [-0.1, -0.05) is 13.8 Å². The zero-order valence-electron chi connectivity index (χ0n) is 9.46. The predicted octanol–water partition coefficient (Wildman–Crippen LogP) is 1.65. The molecule has 1 aliphatic carbocycles. The van der Waals surface area contributed by atoms with Gasteiger partial charge in [-0.3, -0.25) is 0 Å². The third-order valence-electron chi connectivity index (χ3n) is 3.41. The maximum Gasteiger partial charge on any atom is 0.0949 e. The molecule has 3 heteroatoms. The number of nitrogens with one attached hydrogen (secondary N) is 1. The Morgan fingerprint density at radius 3 is 2.93 bits per heavy atom. The average Bonchev–Trinajstić information content (AvgIpc) is 2.47. The summed E-state index contributed by atoms with van der Waals surface area (Å²) in [6.45, 7) is 4.65. The zero-order chi connectivity index (χ0) is 10.3. The van der Waals surface area contributed by atoms with Gasteiger partial charge in [-0.2, -0.15) is 0 Å². The number of fused-ring (bicyclic) bond motifs is 1. The van der Waals surface area contributed by atoms with Crippen LogP contribution in [0.4, 0.5) is 0 Å². The van der Waals surface area contributed by atoms with Gasteiger partial charge in [0.1, 0.15) is 0 Å². The average molecular weight is 193 g/mol. The maximum absolute atomic E-state index is 4.44. The molecule has 1 N–H and O–H groups in total. The van der Waals surface area contributed by atoms with Crippen LogP contribution in [-0.2, 0) is 13.5 Å². The van der Waals surface area contributed by atoms with Crippen molar-refractivity contribution in [3.05, 3.63) is 17.7 Å². The summed E-state index contributed by atoms with van der Waals surface area (Å²) in [7, 11) is 4.12. The lowest BCUT2D eigenvalue weighted by molar-refractivity contribution is 0.210. The first kappa shape index (κ1) is 9.71. The molecule has 1 aliphatic rings. The van der Waals surface area contributed by atoms with Crippen LogP contribution in [-0.4, -0.2) is 16.6 Å². The minimum atomic E-state index is 0.329. The SMILES string of the molecule is CNC1c2c(ncn2C)CCC1(C)C. The number of imidazole rings is 1. The van der Waals surface area contributed by atoms with E-state index >= 15 is 0 Å². The Kier molecular flexibility index (Phi) is 2.14. The summed E-state index contributed by atoms with van der Waals surface area (Å²) in [5.74, 6) is 0. The first-order valence-electron chi connectivity index (χ1n) is 5.23. The number of hydrogen-bond acceptors (Lipinski definition) is 2. The highest BCUT2D eigenvalue weighted by molar-refractivity contribution is 5.23. The molecule has 0 fully saturated rings. The summed E-state index contributed by atoms with van der Waals surface area (Å²) in [5, 5.41) is 3.42. The standard InChI is InChI=1S/C11H19N3/c1-11(2)6-5-8-9(10(11)12-3)14(4)7-13-8/h7,10,12H,5-6H2,1-4H3. The molecule has 78 valence electrons. The second kappa shape index (κ2) is 3.09. The van der Waals surface area contributed by atoms with Gasteiger partial charge in [0.2, 0.25) is 0 Å². The summed E-state index contributed by atoms with van der Waals surface area (Å²) in [5.41, 5.74) is 2.96. The molecule has 0 radical (unpaired) electrons. The molecule has 3 nitrogen and oxygen atoms in total. The molecule has 1 aromatic heterocycles. The second-order valence-corrected chi connectivity index (χ2v) is 4.90. The zero-order valence-corrected chi connectivity index (χ0v) is 9.46. The van der Waals surface area contributed by atoms with Crippen molar-refractivity contribution in [1.82, 2.24) is 14.9 Å². The molecule has 0 bridgehead atoms. The van der Waals surface area contributed by atoms with Gasteiger partial charge in [0.15, 0.2) is 0 Å². The molecule has 1 heterocycles. The van der Waals surface area contributed by atoms with Crippen LogP contribution >= 0.6 is 0 Å². The van der Waals surface area contributed by atoms with Crippen molar-refractivity contribution < 1.29 is 0 Å². The van der Waals surface area contributed by atoms with E-state index in [-0.39, 0.29) is 0 Å². The summed E-state index contributed by atoms with van der Waals surface area (Å²) in [4.78, 5) is 4.44. The van der Waals surface area contributed by atoms with E-state index in [9.17, 15) is 0 Å². The van der Waals surface area contributed by atoms with Crippen molar-refractivity contribution in [3.8, 4) is 0 Å². The van der Waals surface area contributed by atoms with Gasteiger partial charge >= 0.3 is 0 Å². The minimum Gasteiger partial charge on any atom is -0.336 e. The van der Waals surface area contributed by atoms with Gasteiger partial charge in [-0.25, -0.2) is 4.98 Å². The highest BCUT2D eigenvalue weighted by Crippen LogP contribution is 2.42. The third kappa shape index (κ3) is 1.27. The van der Waals surface area contributed by atoms with Gasteiger partial charge in [0.05, 0.1) is 23.8 Å². The van der Waals surface area contributed by atoms with E-state index < -0.39 is 0 Å². The van der Waals surface area contributed by atoms with E-state index in [1.807, 2.05) is 13.4 Å². The molecule has 0 spiro atoms. The lowest BCUT2D eigenvalue weighted by atomic mass is 9.73. The van der Waals surface area contributed by atoms with Crippen LogP contribution in [0.2, 0.25) is 0 Å². The molecule has 1 aromatic rings. The summed E-state index contributed by atoms with van der Waals surface area (Å²) in [6.07, 6.45) is 4.25.